The predicted molar refractivity (Wildman–Crippen MR) is 148 cm³/mol. The molecule has 4 aliphatic rings. The number of rotatable bonds is 8. The summed E-state index contributed by atoms with van der Waals surface area (Å²) in [5.41, 5.74) is -0.0467. The van der Waals surface area contributed by atoms with E-state index >= 15 is 0 Å². The maximum absolute atomic E-state index is 13.8. The Labute approximate surface area is 241 Å². The first-order valence-electron chi connectivity index (χ1n) is 14.0. The number of nitrogens with zero attached hydrogens (tertiary/aromatic N) is 4. The minimum absolute atomic E-state index is 0.0191. The molecule has 1 aliphatic carbocycles. The molecule has 0 radical (unpaired) electrons. The smallest absolute Gasteiger partial charge is 0.408 e. The molecular weight excluding hydrogens is 548 g/mol. The van der Waals surface area contributed by atoms with Crippen LogP contribution in [0.25, 0.3) is 0 Å². The molecule has 12 nitrogen and oxygen atoms in total. The summed E-state index contributed by atoms with van der Waals surface area (Å²) in [5.74, 6) is -0.0976. The van der Waals surface area contributed by atoms with Crippen LogP contribution in [0.5, 0.6) is 0 Å². The van der Waals surface area contributed by atoms with E-state index in [1.54, 1.807) is 42.7 Å². The Bertz CT molecular complexity index is 1390. The molecule has 1 saturated carbocycles. The fourth-order valence-corrected chi connectivity index (χ4v) is 7.34. The topological polar surface area (TPSA) is 152 Å². The maximum Gasteiger partial charge on any atom is 0.408 e. The third kappa shape index (κ3) is 5.65. The van der Waals surface area contributed by atoms with E-state index < -0.39 is 39.8 Å². The summed E-state index contributed by atoms with van der Waals surface area (Å²) in [6.45, 7) is 7.72. The molecule has 3 aliphatic heterocycles. The van der Waals surface area contributed by atoms with Gasteiger partial charge in [-0.15, -0.1) is 0 Å². The molecule has 0 aromatic heterocycles. The van der Waals surface area contributed by atoms with Crippen LogP contribution in [-0.4, -0.2) is 97.0 Å². The van der Waals surface area contributed by atoms with Crippen LogP contribution in [0.1, 0.15) is 58.6 Å². The molecule has 3 heterocycles. The summed E-state index contributed by atoms with van der Waals surface area (Å²) in [7, 11) is -2.28. The highest BCUT2D eigenvalue weighted by atomic mass is 32.2. The van der Waals surface area contributed by atoms with Gasteiger partial charge in [0, 0.05) is 25.2 Å². The van der Waals surface area contributed by atoms with E-state index in [1.807, 2.05) is 17.9 Å². The summed E-state index contributed by atoms with van der Waals surface area (Å²) < 4.78 is 32.4. The number of hydrogen-bond donors (Lipinski definition) is 2. The van der Waals surface area contributed by atoms with Gasteiger partial charge < -0.3 is 19.9 Å². The maximum atomic E-state index is 13.8. The van der Waals surface area contributed by atoms with E-state index in [4.69, 9.17) is 4.74 Å². The van der Waals surface area contributed by atoms with Gasteiger partial charge in [-0.25, -0.2) is 17.9 Å². The second-order valence-corrected chi connectivity index (χ2v) is 14.3. The predicted octanol–water partition coefficient (Wildman–Crippen LogP) is 1.35. The Balaban J connectivity index is 1.31. The van der Waals surface area contributed by atoms with Crippen molar-refractivity contribution in [1.82, 2.24) is 24.7 Å². The minimum atomic E-state index is -3.63. The highest BCUT2D eigenvalue weighted by Gasteiger charge is 2.56. The van der Waals surface area contributed by atoms with Crippen LogP contribution in [0, 0.1) is 17.2 Å². The highest BCUT2D eigenvalue weighted by molar-refractivity contribution is 7.89. The Morgan fingerprint density at radius 2 is 1.95 bits per heavy atom. The van der Waals surface area contributed by atoms with Crippen LogP contribution in [0.3, 0.4) is 0 Å². The lowest BCUT2D eigenvalue weighted by molar-refractivity contribution is -0.141. The number of sulfonamides is 1. The monoisotopic (exact) mass is 586 g/mol. The number of fused-ring (bicyclic) bond motifs is 3. The van der Waals surface area contributed by atoms with Crippen molar-refractivity contribution in [3.8, 4) is 6.07 Å². The SMILES string of the molecule is CNS(=O)(=O)c1cccc([C@@H](C)N2C(=O)[C@@H]3C[C@H]2CN3C[C@H](NC(=O)OC(C)(C)C)C(=O)N2[C@H](C#N)C[C@@H]3C[C@@H]32)c1. The van der Waals surface area contributed by atoms with Gasteiger partial charge in [0.05, 0.1) is 23.0 Å². The molecule has 0 spiro atoms. The van der Waals surface area contributed by atoms with Gasteiger partial charge in [0.2, 0.25) is 21.8 Å². The summed E-state index contributed by atoms with van der Waals surface area (Å²) in [6.07, 6.45) is 1.35. The van der Waals surface area contributed by atoms with Gasteiger partial charge in [0.25, 0.3) is 0 Å². The van der Waals surface area contributed by atoms with Crippen molar-refractivity contribution in [3.63, 3.8) is 0 Å². The van der Waals surface area contributed by atoms with E-state index in [9.17, 15) is 28.1 Å². The van der Waals surface area contributed by atoms with Crippen molar-refractivity contribution >= 4 is 27.9 Å². The zero-order valence-corrected chi connectivity index (χ0v) is 24.8. The van der Waals surface area contributed by atoms with Gasteiger partial charge in [-0.05, 0) is 77.6 Å². The fraction of sp³-hybridized carbons (Fsp3) is 0.643. The van der Waals surface area contributed by atoms with Crippen molar-refractivity contribution in [3.05, 3.63) is 29.8 Å². The average molecular weight is 587 g/mol. The van der Waals surface area contributed by atoms with Crippen LogP contribution >= 0.6 is 0 Å². The molecule has 4 fully saturated rings. The van der Waals surface area contributed by atoms with Crippen LogP contribution in [0.2, 0.25) is 0 Å². The number of benzene rings is 1. The van der Waals surface area contributed by atoms with Crippen LogP contribution < -0.4 is 10.0 Å². The van der Waals surface area contributed by atoms with Gasteiger partial charge in [0.15, 0.2) is 0 Å². The molecule has 222 valence electrons. The summed E-state index contributed by atoms with van der Waals surface area (Å²) in [6, 6.07) is 6.37. The minimum Gasteiger partial charge on any atom is -0.444 e. The first-order chi connectivity index (χ1) is 19.2. The summed E-state index contributed by atoms with van der Waals surface area (Å²) in [4.78, 5) is 45.6. The molecule has 0 unspecified atom stereocenters. The van der Waals surface area contributed by atoms with Crippen molar-refractivity contribution in [2.45, 2.75) is 93.7 Å². The molecule has 2 N–H and O–H groups in total. The standard InChI is InChI=1S/C28H38N6O6S/c1-16(17-7-6-8-21(10-17)41(38,39)30-5)33-20-12-24(26(33)36)32(14-20)15-22(31-27(37)40-28(2,3)4)25(35)34-19(13-29)9-18-11-23(18)34/h6-8,10,16,18-20,22-24,30H,9,11-12,14-15H2,1-5H3,(H,31,37)/t16-,18-,19+,20+,22+,23+,24+/m1/s1. The van der Waals surface area contributed by atoms with Gasteiger partial charge in [0.1, 0.15) is 17.7 Å². The first kappa shape index (κ1) is 29.3. The Hall–Kier alpha value is -3.21. The Kier molecular flexibility index (Phi) is 7.55. The van der Waals surface area contributed by atoms with Gasteiger partial charge in [-0.1, -0.05) is 12.1 Å². The van der Waals surface area contributed by atoms with E-state index in [0.29, 0.717) is 30.9 Å². The lowest BCUT2D eigenvalue weighted by atomic mass is 10.1. The number of nitriles is 1. The van der Waals surface area contributed by atoms with Crippen molar-refractivity contribution < 1.29 is 27.5 Å². The van der Waals surface area contributed by atoms with E-state index in [0.717, 1.165) is 6.42 Å². The fourth-order valence-electron chi connectivity index (χ4n) is 6.56. The normalized spacial score (nSPS) is 28.7. The van der Waals surface area contributed by atoms with Gasteiger partial charge >= 0.3 is 6.09 Å². The van der Waals surface area contributed by atoms with Crippen molar-refractivity contribution in [1.29, 1.82) is 5.26 Å². The number of ether oxygens (including phenoxy) is 1. The Morgan fingerprint density at radius 3 is 2.59 bits per heavy atom. The van der Waals surface area contributed by atoms with Crippen LogP contribution in [0.15, 0.2) is 29.2 Å². The molecule has 1 aromatic carbocycles. The molecule has 3 amide bonds. The molecule has 3 saturated heterocycles. The second kappa shape index (κ2) is 10.6. The van der Waals surface area contributed by atoms with Crippen molar-refractivity contribution in [2.24, 2.45) is 5.92 Å². The Morgan fingerprint density at radius 1 is 1.22 bits per heavy atom. The van der Waals surface area contributed by atoms with Crippen molar-refractivity contribution in [2.75, 3.05) is 20.1 Å². The third-order valence-corrected chi connectivity index (χ3v) is 9.98. The molecule has 1 aromatic rings. The van der Waals surface area contributed by atoms with E-state index in [-0.39, 0.29) is 41.4 Å². The number of piperazine rings is 1. The average Bonchev–Trinajstić information content (AvgIpc) is 3.23. The van der Waals surface area contributed by atoms with Gasteiger partial charge in [-0.3, -0.25) is 14.5 Å². The van der Waals surface area contributed by atoms with Crippen LogP contribution in [0.4, 0.5) is 4.79 Å². The molecule has 5 rings (SSSR count). The zero-order valence-electron chi connectivity index (χ0n) is 24.0. The van der Waals surface area contributed by atoms with E-state index in [2.05, 4.69) is 16.1 Å². The van der Waals surface area contributed by atoms with Gasteiger partial charge in [-0.2, -0.15) is 5.26 Å². The number of alkyl carbamates (subject to hydrolysis) is 1. The second-order valence-electron chi connectivity index (χ2n) is 12.4. The molecule has 41 heavy (non-hydrogen) atoms. The van der Waals surface area contributed by atoms with E-state index in [1.165, 1.54) is 13.1 Å². The number of amides is 3. The number of likely N-dealkylation sites (tertiary alicyclic amines) is 3. The largest absolute Gasteiger partial charge is 0.444 e. The number of carbonyl (C=O) groups excluding carboxylic acids is 3. The molecule has 2 bridgehead atoms. The number of hydrogen-bond acceptors (Lipinski definition) is 8. The lowest BCUT2D eigenvalue weighted by Crippen LogP contribution is -2.59. The third-order valence-electron chi connectivity index (χ3n) is 8.57. The number of piperidine rings is 1. The first-order valence-corrected chi connectivity index (χ1v) is 15.5. The zero-order chi connectivity index (χ0) is 29.9. The quantitative estimate of drug-likeness (QED) is 0.463. The number of carbonyl (C=O) groups is 3. The highest BCUT2D eigenvalue weighted by Crippen LogP contribution is 2.48. The molecule has 13 heteroatoms. The summed E-state index contributed by atoms with van der Waals surface area (Å²) >= 11 is 0. The molecule has 7 atom stereocenters. The summed E-state index contributed by atoms with van der Waals surface area (Å²) in [5, 5.41) is 12.4. The number of nitrogens with one attached hydrogen (secondary N) is 2. The lowest BCUT2D eigenvalue weighted by Gasteiger charge is -2.39. The van der Waals surface area contributed by atoms with Crippen LogP contribution in [-0.2, 0) is 24.3 Å². The molecular formula is C28H38N6O6S.